The van der Waals surface area contributed by atoms with Gasteiger partial charge >= 0.3 is 5.97 Å². The molecule has 0 radical (unpaired) electrons. The van der Waals surface area contributed by atoms with Crippen molar-refractivity contribution in [1.29, 1.82) is 0 Å². The summed E-state index contributed by atoms with van der Waals surface area (Å²) in [5, 5.41) is 0. The van der Waals surface area contributed by atoms with E-state index < -0.39 is 16.6 Å². The quantitative estimate of drug-likeness (QED) is 0.153. The summed E-state index contributed by atoms with van der Waals surface area (Å²) in [6.45, 7) is 15.3. The van der Waals surface area contributed by atoms with Gasteiger partial charge in [-0.2, -0.15) is 0 Å². The maximum absolute atomic E-state index is 12.4. The summed E-state index contributed by atoms with van der Waals surface area (Å²) in [5.41, 5.74) is 0. The van der Waals surface area contributed by atoms with Crippen molar-refractivity contribution in [3.63, 3.8) is 0 Å². The molecule has 0 amide bonds. The highest BCUT2D eigenvalue weighted by atomic mass is 28.4. The third-order valence-corrected chi connectivity index (χ3v) is 7.34. The third kappa shape index (κ3) is 10.5. The fourth-order valence-corrected chi connectivity index (χ4v) is 6.48. The van der Waals surface area contributed by atoms with E-state index >= 15 is 0 Å². The maximum Gasteiger partial charge on any atom is 0.305 e. The number of carbonyl (C=O) groups is 2. The molecule has 0 saturated heterocycles. The molecule has 174 valence electrons. The molecule has 0 aromatic carbocycles. The third-order valence-electron chi connectivity index (χ3n) is 5.32. The lowest BCUT2D eigenvalue weighted by molar-refractivity contribution is -0.141. The van der Waals surface area contributed by atoms with Crippen LogP contribution in [-0.2, 0) is 23.2 Å². The Kier molecular flexibility index (Phi) is 11.2. The Balaban J connectivity index is 3.07. The summed E-state index contributed by atoms with van der Waals surface area (Å²) in [7, 11) is -2.11. The van der Waals surface area contributed by atoms with E-state index in [9.17, 15) is 9.59 Å². The van der Waals surface area contributed by atoms with Crippen LogP contribution < -0.4 is 0 Å². The molecule has 5 nitrogen and oxygen atoms in total. The van der Waals surface area contributed by atoms with Gasteiger partial charge in [0.15, 0.2) is 22.4 Å². The number of unbranched alkanes of at least 4 members (excludes halogenated alkanes) is 2. The van der Waals surface area contributed by atoms with E-state index in [4.69, 9.17) is 13.6 Å². The number of carbonyl (C=O) groups excluding carboxylic acids is 2. The van der Waals surface area contributed by atoms with Gasteiger partial charge in [-0.25, -0.2) is 0 Å². The highest BCUT2D eigenvalue weighted by Crippen LogP contribution is 2.42. The van der Waals surface area contributed by atoms with Crippen LogP contribution in [0.5, 0.6) is 0 Å². The second kappa shape index (κ2) is 12.3. The summed E-state index contributed by atoms with van der Waals surface area (Å²) in [5.74, 6) is 0.209. The molecule has 4 unspecified atom stereocenters. The van der Waals surface area contributed by atoms with Gasteiger partial charge in [0, 0.05) is 18.8 Å². The van der Waals surface area contributed by atoms with Crippen LogP contribution in [-0.4, -0.2) is 47.7 Å². The Morgan fingerprint density at radius 2 is 1.53 bits per heavy atom. The highest BCUT2D eigenvalue weighted by molar-refractivity contribution is 6.70. The second-order valence-corrected chi connectivity index (χ2v) is 19.3. The Hall–Kier alpha value is -0.766. The van der Waals surface area contributed by atoms with Crippen molar-refractivity contribution in [2.24, 2.45) is 11.8 Å². The number of allylic oxidation sites excluding steroid dienone is 1. The van der Waals surface area contributed by atoms with Gasteiger partial charge in [0.25, 0.3) is 0 Å². The van der Waals surface area contributed by atoms with Crippen LogP contribution in [0.4, 0.5) is 0 Å². The van der Waals surface area contributed by atoms with Crippen LogP contribution in [0, 0.1) is 11.8 Å². The van der Waals surface area contributed by atoms with Gasteiger partial charge in [-0.05, 0) is 70.5 Å². The zero-order valence-corrected chi connectivity index (χ0v) is 22.5. The minimum absolute atomic E-state index is 0.0281. The number of methoxy groups -OCH3 is 1. The van der Waals surface area contributed by atoms with Gasteiger partial charge in [0.1, 0.15) is 0 Å². The van der Waals surface area contributed by atoms with Gasteiger partial charge in [-0.15, -0.1) is 0 Å². The molecule has 0 heterocycles. The van der Waals surface area contributed by atoms with Gasteiger partial charge in [-0.1, -0.05) is 25.8 Å². The van der Waals surface area contributed by atoms with E-state index in [0.717, 1.165) is 25.7 Å². The Bertz CT molecular complexity index is 577. The average Bonchev–Trinajstić information content (AvgIpc) is 2.90. The number of hydrogen-bond donors (Lipinski definition) is 0. The molecule has 0 aromatic rings. The monoisotopic (exact) mass is 456 g/mol. The van der Waals surface area contributed by atoms with Crippen LogP contribution in [0.1, 0.15) is 51.9 Å². The van der Waals surface area contributed by atoms with E-state index in [-0.39, 0.29) is 35.8 Å². The molecule has 30 heavy (non-hydrogen) atoms. The van der Waals surface area contributed by atoms with Crippen molar-refractivity contribution < 1.29 is 23.2 Å². The first-order valence-electron chi connectivity index (χ1n) is 11.5. The van der Waals surface area contributed by atoms with Crippen LogP contribution in [0.25, 0.3) is 0 Å². The predicted octanol–water partition coefficient (Wildman–Crippen LogP) is 5.72. The van der Waals surface area contributed by atoms with E-state index in [1.54, 1.807) is 6.08 Å². The zero-order chi connectivity index (χ0) is 22.9. The maximum atomic E-state index is 12.4. The standard InChI is InChI=1S/C23H44O5Si2/c1-9-10-11-12-18(24)13-14-19-20(15-16-23(25)26-2)22(28-30(6,7)8)17-21(19)27-29(3,4)5/h13-14,19-22H,9-12,15-17H2,1-8H3. The fourth-order valence-electron chi connectivity index (χ4n) is 4.14. The lowest BCUT2D eigenvalue weighted by atomic mass is 9.88. The van der Waals surface area contributed by atoms with Gasteiger partial charge in [0.05, 0.1) is 19.3 Å². The van der Waals surface area contributed by atoms with E-state index in [0.29, 0.717) is 19.3 Å². The van der Waals surface area contributed by atoms with Crippen molar-refractivity contribution in [1.82, 2.24) is 0 Å². The van der Waals surface area contributed by atoms with E-state index in [2.05, 4.69) is 52.3 Å². The highest BCUT2D eigenvalue weighted by Gasteiger charge is 2.45. The molecular formula is C23H44O5Si2. The Morgan fingerprint density at radius 1 is 0.933 bits per heavy atom. The Labute approximate surface area is 186 Å². The Morgan fingerprint density at radius 3 is 2.07 bits per heavy atom. The lowest BCUT2D eigenvalue weighted by Crippen LogP contribution is -2.35. The molecular weight excluding hydrogens is 412 g/mol. The molecule has 0 aromatic heterocycles. The van der Waals surface area contributed by atoms with Gasteiger partial charge in [-0.3, -0.25) is 9.59 Å². The summed E-state index contributed by atoms with van der Waals surface area (Å²) in [6.07, 6.45) is 9.47. The fraction of sp³-hybridized carbons (Fsp3) is 0.826. The second-order valence-electron chi connectivity index (χ2n) is 10.4. The molecule has 1 fully saturated rings. The number of ether oxygens (including phenoxy) is 1. The SMILES string of the molecule is CCCCCC(=O)C=CC1C(O[Si](C)(C)C)CC(O[Si](C)(C)C)C1CCC(=O)OC. The summed E-state index contributed by atoms with van der Waals surface area (Å²) in [6, 6.07) is 0. The smallest absolute Gasteiger partial charge is 0.305 e. The molecule has 1 aliphatic rings. The minimum atomic E-state index is -1.77. The zero-order valence-electron chi connectivity index (χ0n) is 20.5. The van der Waals surface area contributed by atoms with Crippen molar-refractivity contribution in [3.8, 4) is 0 Å². The largest absolute Gasteiger partial charge is 0.469 e. The first kappa shape index (κ1) is 27.3. The number of ketones is 1. The number of hydrogen-bond acceptors (Lipinski definition) is 5. The average molecular weight is 457 g/mol. The number of esters is 1. The summed E-state index contributed by atoms with van der Waals surface area (Å²) >= 11 is 0. The number of rotatable bonds is 13. The molecule has 1 rings (SSSR count). The first-order chi connectivity index (χ1) is 13.9. The normalized spacial score (nSPS) is 25.1. The van der Waals surface area contributed by atoms with Crippen molar-refractivity contribution in [3.05, 3.63) is 12.2 Å². The van der Waals surface area contributed by atoms with Crippen molar-refractivity contribution in [2.45, 2.75) is 103 Å². The van der Waals surface area contributed by atoms with Gasteiger partial charge in [0.2, 0.25) is 0 Å². The molecule has 4 atom stereocenters. The summed E-state index contributed by atoms with van der Waals surface area (Å²) < 4.78 is 18.0. The van der Waals surface area contributed by atoms with E-state index in [1.807, 2.05) is 0 Å². The van der Waals surface area contributed by atoms with E-state index in [1.165, 1.54) is 7.11 Å². The molecule has 1 aliphatic carbocycles. The molecule has 0 aliphatic heterocycles. The molecule has 7 heteroatoms. The van der Waals surface area contributed by atoms with Crippen molar-refractivity contribution >= 4 is 28.4 Å². The molecule has 0 bridgehead atoms. The topological polar surface area (TPSA) is 61.8 Å². The first-order valence-corrected chi connectivity index (χ1v) is 18.3. The lowest BCUT2D eigenvalue weighted by Gasteiger charge is -2.30. The predicted molar refractivity (Wildman–Crippen MR) is 128 cm³/mol. The van der Waals surface area contributed by atoms with Crippen molar-refractivity contribution in [2.75, 3.05) is 7.11 Å². The summed E-state index contributed by atoms with van der Waals surface area (Å²) in [4.78, 5) is 24.2. The van der Waals surface area contributed by atoms with Crippen LogP contribution >= 0.6 is 0 Å². The molecule has 0 spiro atoms. The van der Waals surface area contributed by atoms with Crippen LogP contribution in [0.15, 0.2) is 12.2 Å². The van der Waals surface area contributed by atoms with Crippen LogP contribution in [0.2, 0.25) is 39.3 Å². The van der Waals surface area contributed by atoms with Crippen LogP contribution in [0.3, 0.4) is 0 Å². The minimum Gasteiger partial charge on any atom is -0.469 e. The molecule has 1 saturated carbocycles. The van der Waals surface area contributed by atoms with Gasteiger partial charge < -0.3 is 13.6 Å². The molecule has 0 N–H and O–H groups in total.